The van der Waals surface area contributed by atoms with Crippen molar-refractivity contribution in [2.45, 2.75) is 45.4 Å². The van der Waals surface area contributed by atoms with E-state index < -0.39 is 0 Å². The fourth-order valence-corrected chi connectivity index (χ4v) is 2.09. The summed E-state index contributed by atoms with van der Waals surface area (Å²) in [5.74, 6) is 0.374. The van der Waals surface area contributed by atoms with Crippen LogP contribution in [0.2, 0.25) is 0 Å². The van der Waals surface area contributed by atoms with Gasteiger partial charge in [-0.15, -0.1) is 0 Å². The minimum atomic E-state index is -0.105. The largest absolute Gasteiger partial charge is 0.466 e. The molecule has 0 saturated carbocycles. The van der Waals surface area contributed by atoms with Gasteiger partial charge in [-0.3, -0.25) is 14.8 Å². The summed E-state index contributed by atoms with van der Waals surface area (Å²) in [6, 6.07) is 5.87. The van der Waals surface area contributed by atoms with Crippen molar-refractivity contribution in [1.82, 2.24) is 10.3 Å². The first kappa shape index (κ1) is 18.9. The van der Waals surface area contributed by atoms with Crippen molar-refractivity contribution < 1.29 is 9.53 Å². The van der Waals surface area contributed by atoms with Gasteiger partial charge in [0.15, 0.2) is 5.96 Å². The summed E-state index contributed by atoms with van der Waals surface area (Å²) in [5, 5.41) is 3.09. The van der Waals surface area contributed by atoms with Gasteiger partial charge in [0.25, 0.3) is 0 Å². The number of hydrogen-bond acceptors (Lipinski definition) is 4. The molecule has 0 radical (unpaired) electrons. The van der Waals surface area contributed by atoms with Crippen LogP contribution >= 0.6 is 0 Å². The van der Waals surface area contributed by atoms with Gasteiger partial charge in [-0.2, -0.15) is 0 Å². The molecule has 0 amide bonds. The molecular formula is C17H28N4O2. The number of esters is 1. The molecule has 0 aliphatic heterocycles. The number of aromatic nitrogens is 1. The molecule has 6 heteroatoms. The highest BCUT2D eigenvalue weighted by Crippen LogP contribution is 2.04. The third-order valence-electron chi connectivity index (χ3n) is 3.29. The second-order valence-electron chi connectivity index (χ2n) is 5.23. The molecule has 23 heavy (non-hydrogen) atoms. The molecule has 3 N–H and O–H groups in total. The summed E-state index contributed by atoms with van der Waals surface area (Å²) in [4.78, 5) is 19.7. The monoisotopic (exact) mass is 320 g/mol. The van der Waals surface area contributed by atoms with Crippen LogP contribution in [0.3, 0.4) is 0 Å². The molecule has 0 fully saturated rings. The lowest BCUT2D eigenvalue weighted by Gasteiger charge is -2.05. The second kappa shape index (κ2) is 12.4. The van der Waals surface area contributed by atoms with E-state index in [0.717, 1.165) is 44.3 Å². The van der Waals surface area contributed by atoms with Gasteiger partial charge in [0, 0.05) is 37.8 Å². The van der Waals surface area contributed by atoms with Crippen molar-refractivity contribution in [3.8, 4) is 0 Å². The van der Waals surface area contributed by atoms with E-state index in [2.05, 4.69) is 15.3 Å². The quantitative estimate of drug-likeness (QED) is 0.282. The Morgan fingerprint density at radius 1 is 1.30 bits per heavy atom. The van der Waals surface area contributed by atoms with Crippen molar-refractivity contribution in [2.24, 2.45) is 10.7 Å². The van der Waals surface area contributed by atoms with Crippen LogP contribution in [0.5, 0.6) is 0 Å². The molecular weight excluding hydrogens is 292 g/mol. The Morgan fingerprint density at radius 2 is 2.13 bits per heavy atom. The highest BCUT2D eigenvalue weighted by molar-refractivity contribution is 5.77. The first-order valence-electron chi connectivity index (χ1n) is 8.31. The highest BCUT2D eigenvalue weighted by atomic mass is 16.5. The van der Waals surface area contributed by atoms with E-state index >= 15 is 0 Å². The maximum Gasteiger partial charge on any atom is 0.305 e. The molecule has 1 heterocycles. The third-order valence-corrected chi connectivity index (χ3v) is 3.29. The average Bonchev–Trinajstić information content (AvgIpc) is 2.55. The molecule has 1 aromatic rings. The first-order valence-corrected chi connectivity index (χ1v) is 8.31. The fourth-order valence-electron chi connectivity index (χ4n) is 2.09. The molecule has 0 aliphatic carbocycles. The summed E-state index contributed by atoms with van der Waals surface area (Å²) in [7, 11) is 0. The number of nitrogens with one attached hydrogen (secondary N) is 1. The average molecular weight is 320 g/mol. The van der Waals surface area contributed by atoms with E-state index in [4.69, 9.17) is 10.5 Å². The zero-order valence-electron chi connectivity index (χ0n) is 14.0. The zero-order chi connectivity index (χ0) is 16.8. The van der Waals surface area contributed by atoms with Crippen LogP contribution in [-0.2, 0) is 16.0 Å². The van der Waals surface area contributed by atoms with Crippen molar-refractivity contribution in [1.29, 1.82) is 0 Å². The number of unbranched alkanes of at least 4 members (excludes halogenated alkanes) is 3. The van der Waals surface area contributed by atoms with Gasteiger partial charge in [-0.05, 0) is 31.9 Å². The standard InChI is InChI=1S/C17H28N4O2/c1-2-23-16(22)10-5-3-4-7-13-20-17(18)21-14-11-15-9-6-8-12-19-15/h6,8-9,12H,2-5,7,10-11,13-14H2,1H3,(H3,18,20,21). The van der Waals surface area contributed by atoms with Gasteiger partial charge in [0.2, 0.25) is 0 Å². The maximum atomic E-state index is 11.2. The topological polar surface area (TPSA) is 89.6 Å². The lowest BCUT2D eigenvalue weighted by Crippen LogP contribution is -2.33. The minimum Gasteiger partial charge on any atom is -0.466 e. The summed E-state index contributed by atoms with van der Waals surface area (Å²) in [6.45, 7) is 3.72. The normalized spacial score (nSPS) is 11.3. The van der Waals surface area contributed by atoms with E-state index in [1.165, 1.54) is 0 Å². The van der Waals surface area contributed by atoms with Crippen LogP contribution in [0.1, 0.15) is 44.7 Å². The molecule has 0 aromatic carbocycles. The Morgan fingerprint density at radius 3 is 2.87 bits per heavy atom. The van der Waals surface area contributed by atoms with Crippen LogP contribution in [0.4, 0.5) is 0 Å². The number of nitrogens with zero attached hydrogens (tertiary/aromatic N) is 2. The molecule has 0 bridgehead atoms. The molecule has 0 aliphatic rings. The zero-order valence-corrected chi connectivity index (χ0v) is 14.0. The summed E-state index contributed by atoms with van der Waals surface area (Å²) in [6.07, 6.45) is 7.03. The Labute approximate surface area is 138 Å². The number of ether oxygens (including phenoxy) is 1. The SMILES string of the molecule is CCOC(=O)CCCCCCN=C(N)NCCc1ccccn1. The molecule has 0 saturated heterocycles. The van der Waals surface area contributed by atoms with E-state index in [0.29, 0.717) is 25.5 Å². The van der Waals surface area contributed by atoms with Gasteiger partial charge in [0.1, 0.15) is 0 Å². The number of pyridine rings is 1. The third kappa shape index (κ3) is 10.3. The number of guanidine groups is 1. The van der Waals surface area contributed by atoms with Gasteiger partial charge in [-0.25, -0.2) is 0 Å². The number of carbonyl (C=O) groups is 1. The van der Waals surface area contributed by atoms with E-state index in [-0.39, 0.29) is 5.97 Å². The maximum absolute atomic E-state index is 11.2. The Hall–Kier alpha value is -2.11. The number of carbonyl (C=O) groups excluding carboxylic acids is 1. The van der Waals surface area contributed by atoms with Crippen LogP contribution in [-0.4, -0.2) is 36.6 Å². The van der Waals surface area contributed by atoms with E-state index in [1.54, 1.807) is 6.20 Å². The highest BCUT2D eigenvalue weighted by Gasteiger charge is 2.00. The van der Waals surface area contributed by atoms with E-state index in [9.17, 15) is 4.79 Å². The Kier molecular flexibility index (Phi) is 10.2. The lowest BCUT2D eigenvalue weighted by molar-refractivity contribution is -0.143. The van der Waals surface area contributed by atoms with Gasteiger partial charge >= 0.3 is 5.97 Å². The van der Waals surface area contributed by atoms with Crippen molar-refractivity contribution in [3.63, 3.8) is 0 Å². The van der Waals surface area contributed by atoms with Gasteiger partial charge < -0.3 is 15.8 Å². The first-order chi connectivity index (χ1) is 11.2. The summed E-state index contributed by atoms with van der Waals surface area (Å²) >= 11 is 0. The number of rotatable bonds is 11. The lowest BCUT2D eigenvalue weighted by atomic mass is 10.1. The van der Waals surface area contributed by atoms with Crippen LogP contribution < -0.4 is 11.1 Å². The predicted octanol–water partition coefficient (Wildman–Crippen LogP) is 2.04. The predicted molar refractivity (Wildman–Crippen MR) is 92.2 cm³/mol. The van der Waals surface area contributed by atoms with Gasteiger partial charge in [0.05, 0.1) is 6.61 Å². The molecule has 6 nitrogen and oxygen atoms in total. The molecule has 1 aromatic heterocycles. The minimum absolute atomic E-state index is 0.105. The Bertz CT molecular complexity index is 463. The number of nitrogens with two attached hydrogens (primary N) is 1. The van der Waals surface area contributed by atoms with Gasteiger partial charge in [-0.1, -0.05) is 18.9 Å². The Balaban J connectivity index is 1.98. The molecule has 0 atom stereocenters. The molecule has 0 spiro atoms. The van der Waals surface area contributed by atoms with Crippen molar-refractivity contribution >= 4 is 11.9 Å². The van der Waals surface area contributed by atoms with Crippen LogP contribution in [0.25, 0.3) is 0 Å². The fraction of sp³-hybridized carbons (Fsp3) is 0.588. The summed E-state index contributed by atoms with van der Waals surface area (Å²) in [5.41, 5.74) is 6.85. The second-order valence-corrected chi connectivity index (χ2v) is 5.23. The number of aliphatic imine (C=N–C) groups is 1. The molecule has 0 unspecified atom stereocenters. The van der Waals surface area contributed by atoms with Crippen LogP contribution in [0, 0.1) is 0 Å². The summed E-state index contributed by atoms with van der Waals surface area (Å²) < 4.78 is 4.88. The van der Waals surface area contributed by atoms with Crippen molar-refractivity contribution in [2.75, 3.05) is 19.7 Å². The number of hydrogen-bond donors (Lipinski definition) is 2. The van der Waals surface area contributed by atoms with E-state index in [1.807, 2.05) is 25.1 Å². The smallest absolute Gasteiger partial charge is 0.305 e. The molecule has 128 valence electrons. The molecule has 1 rings (SSSR count). The van der Waals surface area contributed by atoms with Crippen LogP contribution in [0.15, 0.2) is 29.4 Å². The van der Waals surface area contributed by atoms with Crippen molar-refractivity contribution in [3.05, 3.63) is 30.1 Å².